The van der Waals surface area contributed by atoms with Crippen molar-refractivity contribution < 1.29 is 0 Å². The SMILES string of the molecule is CC(C)c1cccc(C(C)C)c1-c1cc(-c2c(C(C)C)cccc2C(C)C)cc(N2[C]N(c3cc(-c4c(C(C)C)cccc4C(C)C)cc(-c4c(C(C)C)cccc4C(C)C)c3)C=C2)c1. The molecule has 1 aliphatic heterocycles. The Bertz CT molecular complexity index is 2210. The van der Waals surface area contributed by atoms with Crippen LogP contribution in [0.4, 0.5) is 11.4 Å². The molecule has 2 radical (unpaired) electrons. The minimum absolute atomic E-state index is 0.376. The van der Waals surface area contributed by atoms with Gasteiger partial charge in [-0.25, -0.2) is 0 Å². The molecule has 0 spiro atoms. The molecular formula is C63H76N2. The maximum Gasteiger partial charge on any atom is 0.217 e. The second-order valence-corrected chi connectivity index (χ2v) is 21.2. The molecule has 7 rings (SSSR count). The number of benzene rings is 6. The minimum atomic E-state index is 0.376. The standard InChI is InChI=1S/C63H76N2/c1-38(2)52-21-17-22-53(39(3)4)60(52)46-31-47(61-54(40(5)6)23-18-24-55(61)41(7)8)34-50(33-46)64-29-30-65(37-64)51-35-48(62-56(42(9)10)25-19-26-57(62)43(11)12)32-49(36-51)63-58(44(13)14)27-20-28-59(63)45(15)16/h17-36,38-45H,1-16H3. The summed E-state index contributed by atoms with van der Waals surface area (Å²) in [6.07, 6.45) is 4.40. The Morgan fingerprint density at radius 3 is 0.631 bits per heavy atom. The molecule has 1 aliphatic rings. The fraction of sp³-hybridized carbons (Fsp3) is 0.381. The van der Waals surface area contributed by atoms with Crippen molar-refractivity contribution >= 4 is 11.4 Å². The monoisotopic (exact) mass is 861 g/mol. The van der Waals surface area contributed by atoms with Crippen LogP contribution >= 0.6 is 0 Å². The number of rotatable bonds is 14. The molecule has 0 saturated heterocycles. The van der Waals surface area contributed by atoms with E-state index in [9.17, 15) is 0 Å². The van der Waals surface area contributed by atoms with Crippen molar-refractivity contribution in [3.05, 3.63) is 173 Å². The van der Waals surface area contributed by atoms with E-state index in [-0.39, 0.29) is 0 Å². The van der Waals surface area contributed by atoms with Crippen LogP contribution in [0.1, 0.15) is 203 Å². The van der Waals surface area contributed by atoms with Gasteiger partial charge in [0, 0.05) is 23.8 Å². The van der Waals surface area contributed by atoms with E-state index in [1.807, 2.05) is 0 Å². The lowest BCUT2D eigenvalue weighted by atomic mass is 9.81. The van der Waals surface area contributed by atoms with Crippen LogP contribution in [0.3, 0.4) is 0 Å². The predicted molar refractivity (Wildman–Crippen MR) is 285 cm³/mol. The van der Waals surface area contributed by atoms with Crippen LogP contribution in [0.15, 0.2) is 122 Å². The van der Waals surface area contributed by atoms with Gasteiger partial charge in [0.2, 0.25) is 6.67 Å². The van der Waals surface area contributed by atoms with E-state index in [1.165, 1.54) is 89.0 Å². The molecule has 0 N–H and O–H groups in total. The highest BCUT2D eigenvalue weighted by atomic mass is 15.3. The van der Waals surface area contributed by atoms with Gasteiger partial charge in [0.25, 0.3) is 0 Å². The summed E-state index contributed by atoms with van der Waals surface area (Å²) in [5, 5.41) is 0. The zero-order valence-electron chi connectivity index (χ0n) is 42.6. The summed E-state index contributed by atoms with van der Waals surface area (Å²) >= 11 is 0. The molecule has 0 fully saturated rings. The van der Waals surface area contributed by atoms with Crippen LogP contribution in [0.25, 0.3) is 44.5 Å². The third kappa shape index (κ3) is 9.65. The lowest BCUT2D eigenvalue weighted by Crippen LogP contribution is -2.18. The highest BCUT2D eigenvalue weighted by Gasteiger charge is 2.27. The summed E-state index contributed by atoms with van der Waals surface area (Å²) in [4.78, 5) is 4.45. The van der Waals surface area contributed by atoms with Gasteiger partial charge in [0.05, 0.1) is 0 Å². The first-order valence-electron chi connectivity index (χ1n) is 24.7. The Morgan fingerprint density at radius 2 is 0.462 bits per heavy atom. The number of hydrogen-bond donors (Lipinski definition) is 0. The summed E-state index contributed by atoms with van der Waals surface area (Å²) in [5.41, 5.74) is 23.8. The first-order valence-corrected chi connectivity index (χ1v) is 24.7. The van der Waals surface area contributed by atoms with Crippen LogP contribution in [0.2, 0.25) is 0 Å². The molecule has 6 aromatic carbocycles. The van der Waals surface area contributed by atoms with Crippen molar-refractivity contribution in [1.29, 1.82) is 0 Å². The Kier molecular flexibility index (Phi) is 14.4. The van der Waals surface area contributed by atoms with Gasteiger partial charge < -0.3 is 9.80 Å². The number of anilines is 2. The van der Waals surface area contributed by atoms with Crippen molar-refractivity contribution in [3.63, 3.8) is 0 Å². The maximum atomic E-state index is 3.89. The highest BCUT2D eigenvalue weighted by Crippen LogP contribution is 2.47. The molecular weight excluding hydrogens is 785 g/mol. The lowest BCUT2D eigenvalue weighted by molar-refractivity contribution is 0.836. The van der Waals surface area contributed by atoms with Gasteiger partial charge in [-0.05, 0) is 173 Å². The van der Waals surface area contributed by atoms with Crippen molar-refractivity contribution in [1.82, 2.24) is 0 Å². The molecule has 1 heterocycles. The fourth-order valence-electron chi connectivity index (χ4n) is 10.2. The molecule has 2 heteroatoms. The van der Waals surface area contributed by atoms with Gasteiger partial charge in [0.1, 0.15) is 0 Å². The van der Waals surface area contributed by atoms with Gasteiger partial charge in [-0.15, -0.1) is 0 Å². The van der Waals surface area contributed by atoms with Crippen molar-refractivity contribution in [3.8, 4) is 44.5 Å². The summed E-state index contributed by atoms with van der Waals surface area (Å²) in [6, 6.07) is 42.3. The van der Waals surface area contributed by atoms with Crippen molar-refractivity contribution in [2.75, 3.05) is 9.80 Å². The molecule has 0 aliphatic carbocycles. The van der Waals surface area contributed by atoms with Gasteiger partial charge in [-0.3, -0.25) is 0 Å². The zero-order valence-corrected chi connectivity index (χ0v) is 42.6. The number of nitrogens with zero attached hydrogens (tertiary/aromatic N) is 2. The van der Waals surface area contributed by atoms with E-state index in [0.29, 0.717) is 47.3 Å². The molecule has 0 bridgehead atoms. The summed E-state index contributed by atoms with van der Waals surface area (Å²) in [6.45, 7) is 41.2. The van der Waals surface area contributed by atoms with Gasteiger partial charge in [-0.2, -0.15) is 0 Å². The molecule has 65 heavy (non-hydrogen) atoms. The van der Waals surface area contributed by atoms with Gasteiger partial charge >= 0.3 is 0 Å². The summed E-state index contributed by atoms with van der Waals surface area (Å²) in [5.74, 6) is 3.01. The lowest BCUT2D eigenvalue weighted by Gasteiger charge is -2.27. The van der Waals surface area contributed by atoms with Gasteiger partial charge in [-0.1, -0.05) is 184 Å². The zero-order chi connectivity index (χ0) is 47.0. The molecule has 338 valence electrons. The molecule has 0 amide bonds. The Labute approximate surface area is 394 Å². The fourth-order valence-corrected chi connectivity index (χ4v) is 10.2. The maximum absolute atomic E-state index is 3.89. The molecule has 0 aromatic heterocycles. The van der Waals surface area contributed by atoms with E-state index in [2.05, 4.69) is 249 Å². The molecule has 0 saturated carbocycles. The Morgan fingerprint density at radius 1 is 0.277 bits per heavy atom. The summed E-state index contributed by atoms with van der Waals surface area (Å²) < 4.78 is 0. The smallest absolute Gasteiger partial charge is 0.217 e. The van der Waals surface area contributed by atoms with E-state index < -0.39 is 0 Å². The minimum Gasteiger partial charge on any atom is -0.315 e. The first-order chi connectivity index (χ1) is 30.9. The Hall–Kier alpha value is -5.34. The van der Waals surface area contributed by atoms with Crippen molar-refractivity contribution in [2.24, 2.45) is 0 Å². The van der Waals surface area contributed by atoms with Crippen LogP contribution in [-0.2, 0) is 0 Å². The molecule has 0 atom stereocenters. The second kappa shape index (κ2) is 19.6. The third-order valence-electron chi connectivity index (χ3n) is 13.6. The van der Waals surface area contributed by atoms with E-state index in [1.54, 1.807) is 0 Å². The first kappa shape index (κ1) is 47.6. The van der Waals surface area contributed by atoms with Gasteiger partial charge in [0.15, 0.2) is 0 Å². The molecule has 0 unspecified atom stereocenters. The van der Waals surface area contributed by atoms with Crippen LogP contribution in [0, 0.1) is 6.67 Å². The molecule has 6 aromatic rings. The van der Waals surface area contributed by atoms with E-state index >= 15 is 0 Å². The van der Waals surface area contributed by atoms with E-state index in [4.69, 9.17) is 0 Å². The third-order valence-corrected chi connectivity index (χ3v) is 13.6. The number of hydrogen-bond acceptors (Lipinski definition) is 2. The van der Waals surface area contributed by atoms with Crippen LogP contribution < -0.4 is 9.80 Å². The quantitative estimate of drug-likeness (QED) is 0.108. The average molecular weight is 861 g/mol. The predicted octanol–water partition coefficient (Wildman–Crippen LogP) is 19.1. The highest BCUT2D eigenvalue weighted by molar-refractivity contribution is 5.87. The van der Waals surface area contributed by atoms with E-state index in [0.717, 1.165) is 11.4 Å². The normalized spacial score (nSPS) is 13.2. The second-order valence-electron chi connectivity index (χ2n) is 21.2. The van der Waals surface area contributed by atoms with Crippen LogP contribution in [-0.4, -0.2) is 0 Å². The topological polar surface area (TPSA) is 6.48 Å². The largest absolute Gasteiger partial charge is 0.315 e. The summed E-state index contributed by atoms with van der Waals surface area (Å²) in [7, 11) is 0. The van der Waals surface area contributed by atoms with Crippen LogP contribution in [0.5, 0.6) is 0 Å². The Balaban J connectivity index is 1.46. The molecule has 2 nitrogen and oxygen atoms in total. The van der Waals surface area contributed by atoms with Crippen molar-refractivity contribution in [2.45, 2.75) is 158 Å². The average Bonchev–Trinajstić information content (AvgIpc) is 3.78.